The fraction of sp³-hybridized carbons (Fsp3) is 0.333. The Labute approximate surface area is 126 Å². The van der Waals surface area contributed by atoms with Gasteiger partial charge in [-0.3, -0.25) is 0 Å². The first kappa shape index (κ1) is 18.6. The van der Waals surface area contributed by atoms with Crippen LogP contribution in [-0.2, 0) is 10.8 Å². The van der Waals surface area contributed by atoms with Crippen molar-refractivity contribution in [1.29, 1.82) is 0 Å². The molecular weight excluding hydrogens is 264 g/mol. The zero-order valence-electron chi connectivity index (χ0n) is 13.4. The highest BCUT2D eigenvalue weighted by Gasteiger charge is 2.05. The van der Waals surface area contributed by atoms with Gasteiger partial charge in [-0.25, -0.2) is 4.21 Å². The minimum Gasteiger partial charge on any atom is -0.249 e. The molecule has 0 heterocycles. The molecule has 0 radical (unpaired) electrons. The Morgan fingerprint density at radius 2 is 0.850 bits per heavy atom. The molecule has 2 heteroatoms. The van der Waals surface area contributed by atoms with Crippen LogP contribution in [0.2, 0.25) is 0 Å². The molecule has 2 aromatic carbocycles. The van der Waals surface area contributed by atoms with Crippen molar-refractivity contribution in [2.75, 3.05) is 0 Å². The summed E-state index contributed by atoms with van der Waals surface area (Å²) in [6.45, 7) is 12.1. The molecule has 0 saturated heterocycles. The van der Waals surface area contributed by atoms with Gasteiger partial charge in [0.1, 0.15) is 0 Å². The Balaban J connectivity index is 0.000000829. The average Bonchev–Trinajstić information content (AvgIpc) is 2.52. The van der Waals surface area contributed by atoms with E-state index in [0.29, 0.717) is 0 Å². The normalized spacial score (nSPS) is 9.15. The van der Waals surface area contributed by atoms with Crippen molar-refractivity contribution in [3.63, 3.8) is 0 Å². The summed E-state index contributed by atoms with van der Waals surface area (Å²) in [6, 6.07) is 15.6. The van der Waals surface area contributed by atoms with E-state index < -0.39 is 10.8 Å². The van der Waals surface area contributed by atoms with Crippen LogP contribution in [-0.4, -0.2) is 4.21 Å². The summed E-state index contributed by atoms with van der Waals surface area (Å²) in [7, 11) is -1.06. The van der Waals surface area contributed by atoms with Crippen LogP contribution in [0.4, 0.5) is 0 Å². The second-order valence-corrected chi connectivity index (χ2v) is 5.38. The van der Waals surface area contributed by atoms with E-state index in [1.54, 1.807) is 0 Å². The van der Waals surface area contributed by atoms with Gasteiger partial charge in [-0.15, -0.1) is 0 Å². The highest BCUT2D eigenvalue weighted by molar-refractivity contribution is 7.85. The van der Waals surface area contributed by atoms with Crippen molar-refractivity contribution in [2.24, 2.45) is 0 Å². The lowest BCUT2D eigenvalue weighted by Gasteiger charge is -2.03. The van der Waals surface area contributed by atoms with Crippen LogP contribution in [0.5, 0.6) is 0 Å². The second-order valence-electron chi connectivity index (χ2n) is 3.89. The molecule has 0 fully saturated rings. The van der Waals surface area contributed by atoms with Crippen molar-refractivity contribution in [3.8, 4) is 0 Å². The number of benzene rings is 2. The molecule has 20 heavy (non-hydrogen) atoms. The van der Waals surface area contributed by atoms with Crippen molar-refractivity contribution in [3.05, 3.63) is 59.7 Å². The highest BCUT2D eigenvalue weighted by atomic mass is 32.2. The Bertz CT molecular complexity index is 450. The van der Waals surface area contributed by atoms with Crippen LogP contribution >= 0.6 is 0 Å². The van der Waals surface area contributed by atoms with E-state index in [0.717, 1.165) is 9.79 Å². The Morgan fingerprint density at radius 3 is 1.10 bits per heavy atom. The molecule has 0 aliphatic carbocycles. The Hall–Kier alpha value is -1.41. The van der Waals surface area contributed by atoms with Crippen molar-refractivity contribution < 1.29 is 4.21 Å². The molecule has 2 aromatic rings. The summed E-state index contributed by atoms with van der Waals surface area (Å²) >= 11 is 0. The zero-order chi connectivity index (χ0) is 15.5. The molecule has 0 N–H and O–H groups in total. The van der Waals surface area contributed by atoms with Crippen LogP contribution in [0.25, 0.3) is 0 Å². The number of hydrogen-bond acceptors (Lipinski definition) is 1. The zero-order valence-corrected chi connectivity index (χ0v) is 14.3. The van der Waals surface area contributed by atoms with Crippen molar-refractivity contribution in [1.82, 2.24) is 0 Å². The van der Waals surface area contributed by atoms with Crippen LogP contribution in [0.3, 0.4) is 0 Å². The predicted octanol–water partition coefficient (Wildman–Crippen LogP) is 5.52. The van der Waals surface area contributed by atoms with Crippen molar-refractivity contribution >= 4 is 10.8 Å². The van der Waals surface area contributed by atoms with E-state index in [1.165, 1.54) is 11.1 Å². The smallest absolute Gasteiger partial charge is 0.0849 e. The fourth-order valence-corrected chi connectivity index (χ4v) is 2.50. The third kappa shape index (κ3) is 5.70. The number of hydrogen-bond donors (Lipinski definition) is 0. The summed E-state index contributed by atoms with van der Waals surface area (Å²) in [5, 5.41) is 0. The molecule has 0 aliphatic rings. The maximum Gasteiger partial charge on any atom is 0.0849 e. The summed E-state index contributed by atoms with van der Waals surface area (Å²) < 4.78 is 12.2. The molecule has 0 unspecified atom stereocenters. The molecule has 110 valence electrons. The van der Waals surface area contributed by atoms with Gasteiger partial charge in [-0.05, 0) is 38.1 Å². The van der Waals surface area contributed by atoms with E-state index in [2.05, 4.69) is 0 Å². The summed E-state index contributed by atoms with van der Waals surface area (Å²) in [5.74, 6) is 0. The molecule has 0 aromatic heterocycles. The van der Waals surface area contributed by atoms with Gasteiger partial charge in [0.05, 0.1) is 10.8 Å². The first-order chi connectivity index (χ1) is 9.66. The van der Waals surface area contributed by atoms with Gasteiger partial charge < -0.3 is 0 Å². The lowest BCUT2D eigenvalue weighted by molar-refractivity contribution is 0.683. The summed E-state index contributed by atoms with van der Waals surface area (Å²) in [6.07, 6.45) is 0. The Morgan fingerprint density at radius 1 is 0.600 bits per heavy atom. The van der Waals surface area contributed by atoms with Gasteiger partial charge in [-0.2, -0.15) is 0 Å². The van der Waals surface area contributed by atoms with Crippen LogP contribution in [0.15, 0.2) is 58.3 Å². The van der Waals surface area contributed by atoms with Gasteiger partial charge in [-0.1, -0.05) is 63.1 Å². The van der Waals surface area contributed by atoms with E-state index in [-0.39, 0.29) is 0 Å². The highest BCUT2D eigenvalue weighted by Crippen LogP contribution is 2.17. The van der Waals surface area contributed by atoms with Crippen molar-refractivity contribution in [2.45, 2.75) is 51.3 Å². The molecule has 0 bridgehead atoms. The summed E-state index contributed by atoms with van der Waals surface area (Å²) in [4.78, 5) is 1.71. The van der Waals surface area contributed by atoms with Gasteiger partial charge in [0.25, 0.3) is 0 Å². The predicted molar refractivity (Wildman–Crippen MR) is 89.7 cm³/mol. The van der Waals surface area contributed by atoms with E-state index in [1.807, 2.05) is 90.1 Å². The molecular formula is C18H26OS. The molecule has 2 rings (SSSR count). The molecule has 0 aliphatic heterocycles. The van der Waals surface area contributed by atoms with Crippen LogP contribution in [0, 0.1) is 13.8 Å². The largest absolute Gasteiger partial charge is 0.249 e. The third-order valence-electron chi connectivity index (χ3n) is 2.47. The van der Waals surface area contributed by atoms with E-state index in [4.69, 9.17) is 0 Å². The monoisotopic (exact) mass is 290 g/mol. The van der Waals surface area contributed by atoms with Crippen LogP contribution in [0.1, 0.15) is 38.8 Å². The van der Waals surface area contributed by atoms with E-state index >= 15 is 0 Å². The maximum absolute atomic E-state index is 12.2. The topological polar surface area (TPSA) is 17.1 Å². The minimum absolute atomic E-state index is 0.856. The maximum atomic E-state index is 12.2. The molecule has 0 atom stereocenters. The first-order valence-corrected chi connectivity index (χ1v) is 8.37. The Kier molecular flexibility index (Phi) is 9.65. The quantitative estimate of drug-likeness (QED) is 0.711. The van der Waals surface area contributed by atoms with Gasteiger partial charge in [0, 0.05) is 9.79 Å². The molecule has 1 nitrogen and oxygen atoms in total. The molecule has 0 saturated carbocycles. The van der Waals surface area contributed by atoms with E-state index in [9.17, 15) is 4.21 Å². The molecule has 0 spiro atoms. The first-order valence-electron chi connectivity index (χ1n) is 7.22. The second kappa shape index (κ2) is 10.4. The number of aryl methyl sites for hydroxylation is 2. The lowest BCUT2D eigenvalue weighted by Crippen LogP contribution is -1.92. The lowest BCUT2D eigenvalue weighted by atomic mass is 10.2. The standard InChI is InChI=1S/C14H14OS.2C2H6/c1-11-3-7-13(8-4-11)16(15)14-9-5-12(2)6-10-14;2*1-2/h3-10H,1-2H3;2*1-2H3. The fourth-order valence-electron chi connectivity index (χ4n) is 1.46. The summed E-state index contributed by atoms with van der Waals surface area (Å²) in [5.41, 5.74) is 2.37. The SMILES string of the molecule is CC.CC.Cc1ccc(S(=O)c2ccc(C)cc2)cc1. The van der Waals surface area contributed by atoms with Crippen LogP contribution < -0.4 is 0 Å². The van der Waals surface area contributed by atoms with Gasteiger partial charge in [0.15, 0.2) is 0 Å². The third-order valence-corrected chi connectivity index (χ3v) is 3.87. The number of rotatable bonds is 2. The minimum atomic E-state index is -1.06. The van der Waals surface area contributed by atoms with Gasteiger partial charge >= 0.3 is 0 Å². The van der Waals surface area contributed by atoms with Gasteiger partial charge in [0.2, 0.25) is 0 Å². The average molecular weight is 290 g/mol. The molecule has 0 amide bonds.